The van der Waals surface area contributed by atoms with Gasteiger partial charge in [0.05, 0.1) is 7.05 Å². The zero-order valence-corrected chi connectivity index (χ0v) is 15.1. The van der Waals surface area contributed by atoms with Crippen molar-refractivity contribution in [2.75, 3.05) is 32.5 Å². The quantitative estimate of drug-likeness (QED) is 0.512. The Morgan fingerprint density at radius 2 is 1.96 bits per heavy atom. The van der Waals surface area contributed by atoms with E-state index in [0.29, 0.717) is 26.1 Å². The summed E-state index contributed by atoms with van der Waals surface area (Å²) in [6, 6.07) is 9.39. The summed E-state index contributed by atoms with van der Waals surface area (Å²) in [6.45, 7) is 3.31. The van der Waals surface area contributed by atoms with E-state index in [9.17, 15) is 14.4 Å². The predicted octanol–water partition coefficient (Wildman–Crippen LogP) is -0.695. The van der Waals surface area contributed by atoms with Gasteiger partial charge in [0.25, 0.3) is 5.56 Å². The van der Waals surface area contributed by atoms with Crippen molar-refractivity contribution in [1.29, 1.82) is 0 Å². The molecule has 8 nitrogen and oxygen atoms in total. The van der Waals surface area contributed by atoms with Crippen LogP contribution in [0.5, 0.6) is 5.75 Å². The number of aromatic amines is 1. The van der Waals surface area contributed by atoms with Gasteiger partial charge in [-0.15, -0.1) is 0 Å². The number of benzene rings is 1. The minimum Gasteiger partial charge on any atom is -0.488 e. The number of hydrogen-bond donors (Lipinski definition) is 3. The van der Waals surface area contributed by atoms with Gasteiger partial charge in [-0.3, -0.25) is 19.1 Å². The van der Waals surface area contributed by atoms with Crippen molar-refractivity contribution in [3.63, 3.8) is 0 Å². The second-order valence-corrected chi connectivity index (χ2v) is 6.14. The van der Waals surface area contributed by atoms with E-state index in [-0.39, 0.29) is 17.9 Å². The van der Waals surface area contributed by atoms with E-state index in [1.807, 2.05) is 44.3 Å². The first-order valence-corrected chi connectivity index (χ1v) is 8.59. The lowest BCUT2D eigenvalue weighted by atomic mass is 10.2. The lowest BCUT2D eigenvalue weighted by molar-refractivity contribution is -0.870. The summed E-state index contributed by atoms with van der Waals surface area (Å²) in [5, 5.41) is 0. The monoisotopic (exact) mass is 361 g/mol. The van der Waals surface area contributed by atoms with Gasteiger partial charge in [-0.25, -0.2) is 4.79 Å². The van der Waals surface area contributed by atoms with Gasteiger partial charge in [-0.2, -0.15) is 0 Å². The summed E-state index contributed by atoms with van der Waals surface area (Å²) in [5.41, 5.74) is 4.43. The van der Waals surface area contributed by atoms with Gasteiger partial charge in [0, 0.05) is 6.54 Å². The summed E-state index contributed by atoms with van der Waals surface area (Å²) in [7, 11) is 1.83. The molecule has 0 fully saturated rings. The zero-order valence-electron chi connectivity index (χ0n) is 15.1. The molecule has 0 saturated heterocycles. The van der Waals surface area contributed by atoms with Gasteiger partial charge in [0.2, 0.25) is 5.78 Å². The number of ether oxygens (including phenoxy) is 1. The fourth-order valence-electron chi connectivity index (χ4n) is 2.61. The molecule has 1 aromatic carbocycles. The molecule has 1 unspecified atom stereocenters. The Bertz CT molecular complexity index is 858. The van der Waals surface area contributed by atoms with Crippen LogP contribution in [0.25, 0.3) is 0 Å². The van der Waals surface area contributed by atoms with Crippen molar-refractivity contribution in [2.45, 2.75) is 19.9 Å². The van der Waals surface area contributed by atoms with Gasteiger partial charge in [-0.1, -0.05) is 25.1 Å². The maximum absolute atomic E-state index is 12.5. The van der Waals surface area contributed by atoms with Crippen LogP contribution < -0.4 is 26.6 Å². The molecule has 26 heavy (non-hydrogen) atoms. The fourth-order valence-corrected chi connectivity index (χ4v) is 2.61. The van der Waals surface area contributed by atoms with E-state index in [1.54, 1.807) is 0 Å². The summed E-state index contributed by atoms with van der Waals surface area (Å²) >= 11 is 0. The molecule has 0 amide bonds. The number of para-hydroxylation sites is 1. The highest BCUT2D eigenvalue weighted by molar-refractivity contribution is 6.00. The van der Waals surface area contributed by atoms with E-state index in [2.05, 4.69) is 4.98 Å². The van der Waals surface area contributed by atoms with Crippen molar-refractivity contribution in [3.8, 4) is 5.75 Å². The highest BCUT2D eigenvalue weighted by Crippen LogP contribution is 2.07. The van der Waals surface area contributed by atoms with Crippen LogP contribution >= 0.6 is 0 Å². The number of nitrogens with two attached hydrogens (primary N) is 1. The van der Waals surface area contributed by atoms with Crippen LogP contribution in [0, 0.1) is 0 Å². The van der Waals surface area contributed by atoms with Crippen LogP contribution in [0.3, 0.4) is 0 Å². The molecule has 0 aliphatic rings. The number of nitrogens with one attached hydrogen (secondary N) is 2. The Morgan fingerprint density at radius 3 is 2.62 bits per heavy atom. The zero-order chi connectivity index (χ0) is 19.1. The van der Waals surface area contributed by atoms with Crippen molar-refractivity contribution < 1.29 is 14.4 Å². The average molecular weight is 361 g/mol. The van der Waals surface area contributed by atoms with Crippen LogP contribution in [0.1, 0.15) is 23.7 Å². The van der Waals surface area contributed by atoms with Crippen LogP contribution in [-0.2, 0) is 6.54 Å². The first-order valence-electron chi connectivity index (χ1n) is 8.59. The standard InChI is InChI=1S/C18H24N4O4/c1-3-9-22-16(19)15(17(24)20-18(22)25)14(23)12-21(2)10-11-26-13-7-5-4-6-8-13/h4-8H,3,9-12,19H2,1-2H3,(H,20,24,25)/p+1. The van der Waals surface area contributed by atoms with Crippen LogP contribution in [-0.4, -0.2) is 42.1 Å². The highest BCUT2D eigenvalue weighted by Gasteiger charge is 2.22. The molecule has 1 atom stereocenters. The normalized spacial score (nSPS) is 11.9. The second-order valence-electron chi connectivity index (χ2n) is 6.14. The summed E-state index contributed by atoms with van der Waals surface area (Å²) in [6.07, 6.45) is 0.658. The number of anilines is 1. The topological polar surface area (TPSA) is 112 Å². The molecule has 0 aliphatic carbocycles. The third-order valence-corrected chi connectivity index (χ3v) is 3.97. The number of ketones is 1. The number of rotatable bonds is 9. The first-order chi connectivity index (χ1) is 12.4. The van der Waals surface area contributed by atoms with Gasteiger partial charge < -0.3 is 15.4 Å². The van der Waals surface area contributed by atoms with E-state index in [0.717, 1.165) is 10.6 Å². The molecular formula is C18H25N4O4+. The number of Topliss-reactive ketones (excluding diaryl/α,β-unsaturated/α-hetero) is 1. The van der Waals surface area contributed by atoms with Crippen LogP contribution in [0.2, 0.25) is 0 Å². The Labute approximate surface area is 151 Å². The molecule has 2 rings (SSSR count). The van der Waals surface area contributed by atoms with Crippen LogP contribution in [0.4, 0.5) is 5.82 Å². The smallest absolute Gasteiger partial charge is 0.329 e. The molecule has 0 aliphatic heterocycles. The number of likely N-dealkylation sites (N-methyl/N-ethyl adjacent to an activating group) is 1. The summed E-state index contributed by atoms with van der Waals surface area (Å²) in [5.74, 6) is 0.295. The molecule has 0 saturated carbocycles. The van der Waals surface area contributed by atoms with Gasteiger partial charge in [0.15, 0.2) is 0 Å². The van der Waals surface area contributed by atoms with Crippen molar-refractivity contribution in [1.82, 2.24) is 9.55 Å². The average Bonchev–Trinajstić information content (AvgIpc) is 2.59. The largest absolute Gasteiger partial charge is 0.488 e. The first kappa shape index (κ1) is 19.5. The van der Waals surface area contributed by atoms with E-state index in [4.69, 9.17) is 10.5 Å². The number of carbonyl (C=O) groups excluding carboxylic acids is 1. The number of nitrogen functional groups attached to an aromatic ring is 1. The van der Waals surface area contributed by atoms with Crippen molar-refractivity contribution >= 4 is 11.6 Å². The molecule has 0 spiro atoms. The number of hydrogen-bond acceptors (Lipinski definition) is 5. The fraction of sp³-hybridized carbons (Fsp3) is 0.389. The number of quaternary nitrogens is 1. The Morgan fingerprint density at radius 1 is 1.27 bits per heavy atom. The van der Waals surface area contributed by atoms with E-state index in [1.165, 1.54) is 4.57 Å². The predicted molar refractivity (Wildman–Crippen MR) is 98.9 cm³/mol. The second kappa shape index (κ2) is 9.00. The number of H-pyrrole nitrogens is 1. The lowest BCUT2D eigenvalue weighted by Gasteiger charge is -2.15. The van der Waals surface area contributed by atoms with Crippen LogP contribution in [0.15, 0.2) is 39.9 Å². The van der Waals surface area contributed by atoms with E-state index < -0.39 is 17.0 Å². The summed E-state index contributed by atoms with van der Waals surface area (Å²) < 4.78 is 6.83. The number of carbonyl (C=O) groups is 1. The minimum atomic E-state index is -0.738. The number of aromatic nitrogens is 2. The maximum atomic E-state index is 12.5. The Hall–Kier alpha value is -2.87. The molecule has 4 N–H and O–H groups in total. The summed E-state index contributed by atoms with van der Waals surface area (Å²) in [4.78, 5) is 39.4. The molecule has 0 bridgehead atoms. The van der Waals surface area contributed by atoms with Gasteiger partial charge in [0.1, 0.15) is 36.8 Å². The van der Waals surface area contributed by atoms with Gasteiger partial charge in [-0.05, 0) is 18.6 Å². The molecule has 140 valence electrons. The van der Waals surface area contributed by atoms with Gasteiger partial charge >= 0.3 is 5.69 Å². The lowest BCUT2D eigenvalue weighted by Crippen LogP contribution is -3.10. The molecule has 1 heterocycles. The Balaban J connectivity index is 2.01. The highest BCUT2D eigenvalue weighted by atomic mass is 16.5. The maximum Gasteiger partial charge on any atom is 0.329 e. The Kier molecular flexibility index (Phi) is 6.74. The molecule has 8 heteroatoms. The number of nitrogens with zero attached hydrogens (tertiary/aromatic N) is 1. The minimum absolute atomic E-state index is 0.0704. The third-order valence-electron chi connectivity index (χ3n) is 3.97. The SMILES string of the molecule is CCCn1c(N)c(C(=O)C[NH+](C)CCOc2ccccc2)c(=O)[nH]c1=O. The molecule has 2 aromatic rings. The van der Waals surface area contributed by atoms with Crippen molar-refractivity contribution in [2.24, 2.45) is 0 Å². The molecule has 1 aromatic heterocycles. The molecule has 0 radical (unpaired) electrons. The third kappa shape index (κ3) is 4.82. The molecular weight excluding hydrogens is 336 g/mol. The van der Waals surface area contributed by atoms with Crippen molar-refractivity contribution in [3.05, 3.63) is 56.7 Å². The van der Waals surface area contributed by atoms with E-state index >= 15 is 0 Å².